The number of rotatable bonds is 2. The Labute approximate surface area is 189 Å². The van der Waals surface area contributed by atoms with Gasteiger partial charge in [-0.1, -0.05) is 19.4 Å². The molecule has 0 radical (unpaired) electrons. The average molecular weight is 443 g/mol. The zero-order valence-corrected chi connectivity index (χ0v) is 19.6. The van der Waals surface area contributed by atoms with E-state index in [1.165, 1.54) is 0 Å². The normalized spacial score (nSPS) is 50.8. The van der Waals surface area contributed by atoms with Crippen molar-refractivity contribution in [1.82, 2.24) is 0 Å². The van der Waals surface area contributed by atoms with E-state index < -0.39 is 11.2 Å². The maximum absolute atomic E-state index is 13.5. The van der Waals surface area contributed by atoms with E-state index in [2.05, 4.69) is 13.8 Å². The highest BCUT2D eigenvalue weighted by atomic mass is 16.6. The number of carbonyl (C=O) groups excluding carboxylic acids is 3. The van der Waals surface area contributed by atoms with Gasteiger partial charge in [-0.3, -0.25) is 14.4 Å². The molecule has 5 fully saturated rings. The molecule has 6 nitrogen and oxygen atoms in total. The Morgan fingerprint density at radius 1 is 1.16 bits per heavy atom. The highest BCUT2D eigenvalue weighted by Gasteiger charge is 2.83. The Morgan fingerprint density at radius 2 is 1.94 bits per heavy atom. The summed E-state index contributed by atoms with van der Waals surface area (Å²) in [6, 6.07) is 0. The molecule has 0 N–H and O–H groups in total. The Morgan fingerprint density at radius 3 is 2.62 bits per heavy atom. The molecule has 3 saturated carbocycles. The molecular weight excluding hydrogens is 408 g/mol. The number of ether oxygens (including phenoxy) is 3. The van der Waals surface area contributed by atoms with E-state index in [-0.39, 0.29) is 58.5 Å². The maximum Gasteiger partial charge on any atom is 0.309 e. The lowest BCUT2D eigenvalue weighted by Gasteiger charge is -2.58. The second-order valence-corrected chi connectivity index (χ2v) is 11.9. The Bertz CT molecular complexity index is 952. The third-order valence-electron chi connectivity index (χ3n) is 10.4. The van der Waals surface area contributed by atoms with Gasteiger partial charge in [-0.2, -0.15) is 0 Å². The second-order valence-electron chi connectivity index (χ2n) is 11.9. The molecule has 6 heteroatoms. The van der Waals surface area contributed by atoms with Crippen LogP contribution in [-0.2, 0) is 28.6 Å². The lowest BCUT2D eigenvalue weighted by molar-refractivity contribution is -0.174. The van der Waals surface area contributed by atoms with Gasteiger partial charge < -0.3 is 14.2 Å². The van der Waals surface area contributed by atoms with E-state index >= 15 is 0 Å². The molecule has 6 aliphatic rings. The van der Waals surface area contributed by atoms with Crippen molar-refractivity contribution in [2.45, 2.75) is 102 Å². The molecule has 6 rings (SSSR count). The van der Waals surface area contributed by atoms with Gasteiger partial charge in [0, 0.05) is 29.6 Å². The van der Waals surface area contributed by atoms with Crippen LogP contribution in [0.25, 0.3) is 0 Å². The van der Waals surface area contributed by atoms with Gasteiger partial charge in [0.25, 0.3) is 0 Å². The number of epoxide rings is 1. The van der Waals surface area contributed by atoms with Crippen molar-refractivity contribution >= 4 is 17.7 Å². The smallest absolute Gasteiger partial charge is 0.309 e. The zero-order chi connectivity index (χ0) is 22.7. The first-order valence-corrected chi connectivity index (χ1v) is 12.4. The first-order valence-electron chi connectivity index (χ1n) is 12.4. The Balaban J connectivity index is 1.47. The van der Waals surface area contributed by atoms with Gasteiger partial charge in [-0.05, 0) is 64.4 Å². The topological polar surface area (TPSA) is 82.2 Å². The van der Waals surface area contributed by atoms with Crippen LogP contribution >= 0.6 is 0 Å². The Kier molecular flexibility index (Phi) is 4.08. The first kappa shape index (κ1) is 20.9. The molecule has 0 aromatic rings. The summed E-state index contributed by atoms with van der Waals surface area (Å²) in [6.45, 7) is 8.30. The molecule has 2 heterocycles. The quantitative estimate of drug-likeness (QED) is 0.476. The van der Waals surface area contributed by atoms with Gasteiger partial charge in [-0.15, -0.1) is 0 Å². The molecular formula is C26H34O6. The fraction of sp³-hybridized carbons (Fsp3) is 0.808. The van der Waals surface area contributed by atoms with E-state index in [1.54, 1.807) is 6.08 Å². The van der Waals surface area contributed by atoms with Crippen molar-refractivity contribution in [1.29, 1.82) is 0 Å². The predicted octanol–water partition coefficient (Wildman–Crippen LogP) is 3.90. The average Bonchev–Trinajstić information content (AvgIpc) is 3.20. The van der Waals surface area contributed by atoms with Crippen LogP contribution < -0.4 is 0 Å². The van der Waals surface area contributed by atoms with Crippen molar-refractivity contribution in [2.75, 3.05) is 0 Å². The number of carbonyl (C=O) groups is 3. The van der Waals surface area contributed by atoms with E-state index in [1.807, 2.05) is 13.8 Å². The molecule has 4 aliphatic carbocycles. The zero-order valence-electron chi connectivity index (χ0n) is 19.6. The number of ketones is 1. The number of hydrogen-bond donors (Lipinski definition) is 0. The van der Waals surface area contributed by atoms with Crippen molar-refractivity contribution in [3.05, 3.63) is 11.6 Å². The molecule has 0 unspecified atom stereocenters. The standard InChI is InChI=1S/C26H34O6/c1-14(2)30-22(29)17-12-15-11-16(27)5-8-23(15,3)26-19(31-26)13-24(4)18(21(17)26)6-9-25(24)10-7-20(28)32-25/h11,14,17-19,21H,5-10,12-13H2,1-4H3/t17-,18+,19-,21+,23+,24+,25-,26-/m1/s1. The maximum atomic E-state index is 13.5. The molecule has 174 valence electrons. The van der Waals surface area contributed by atoms with Crippen LogP contribution in [-0.4, -0.2) is 41.1 Å². The van der Waals surface area contributed by atoms with E-state index in [0.29, 0.717) is 19.3 Å². The summed E-state index contributed by atoms with van der Waals surface area (Å²) in [5, 5.41) is 0. The van der Waals surface area contributed by atoms with Gasteiger partial charge in [0.2, 0.25) is 0 Å². The summed E-state index contributed by atoms with van der Waals surface area (Å²) in [7, 11) is 0. The lowest BCUT2D eigenvalue weighted by atomic mass is 9.43. The molecule has 0 amide bonds. The summed E-state index contributed by atoms with van der Waals surface area (Å²) in [4.78, 5) is 38.0. The van der Waals surface area contributed by atoms with Crippen LogP contribution in [0.2, 0.25) is 0 Å². The minimum atomic E-state index is -0.432. The number of esters is 2. The summed E-state index contributed by atoms with van der Waals surface area (Å²) in [5.41, 5.74) is -0.210. The van der Waals surface area contributed by atoms with Crippen LogP contribution in [0.5, 0.6) is 0 Å². The van der Waals surface area contributed by atoms with Gasteiger partial charge in [0.05, 0.1) is 18.1 Å². The lowest BCUT2D eigenvalue weighted by Crippen LogP contribution is -2.63. The molecule has 2 aliphatic heterocycles. The largest absolute Gasteiger partial charge is 0.463 e. The number of fused-ring (bicyclic) bond motifs is 4. The molecule has 32 heavy (non-hydrogen) atoms. The highest BCUT2D eigenvalue weighted by molar-refractivity contribution is 5.92. The van der Waals surface area contributed by atoms with Crippen LogP contribution in [0.15, 0.2) is 11.6 Å². The number of hydrogen-bond acceptors (Lipinski definition) is 6. The first-order chi connectivity index (χ1) is 15.1. The summed E-state index contributed by atoms with van der Waals surface area (Å²) in [5.74, 6) is -0.196. The third-order valence-corrected chi connectivity index (χ3v) is 10.4. The van der Waals surface area contributed by atoms with Crippen LogP contribution in [0, 0.1) is 28.6 Å². The predicted molar refractivity (Wildman–Crippen MR) is 114 cm³/mol. The van der Waals surface area contributed by atoms with Crippen molar-refractivity contribution in [3.63, 3.8) is 0 Å². The van der Waals surface area contributed by atoms with Gasteiger partial charge >= 0.3 is 11.9 Å². The molecule has 0 aromatic heterocycles. The minimum absolute atomic E-state index is 0.0199. The van der Waals surface area contributed by atoms with E-state index in [9.17, 15) is 14.4 Å². The molecule has 0 bridgehead atoms. The van der Waals surface area contributed by atoms with Gasteiger partial charge in [-0.25, -0.2) is 0 Å². The van der Waals surface area contributed by atoms with Crippen LogP contribution in [0.4, 0.5) is 0 Å². The monoisotopic (exact) mass is 442 g/mol. The summed E-state index contributed by atoms with van der Waals surface area (Å²) >= 11 is 0. The fourth-order valence-corrected chi connectivity index (χ4v) is 8.85. The van der Waals surface area contributed by atoms with Gasteiger partial charge in [0.1, 0.15) is 11.2 Å². The van der Waals surface area contributed by atoms with Crippen molar-refractivity contribution < 1.29 is 28.6 Å². The summed E-state index contributed by atoms with van der Waals surface area (Å²) < 4.78 is 18.5. The SMILES string of the molecule is CC(C)OC(=O)[C@@H]1CC2=CC(=O)CC[C@]2(C)[C@@]23O[C@@H]2C[C@@]2(C)[C@@H](CC[C@@]24CCC(=O)O4)[C@H]13. The molecule has 2 spiro atoms. The molecule has 2 saturated heterocycles. The van der Waals surface area contributed by atoms with Crippen LogP contribution in [0.1, 0.15) is 79.1 Å². The van der Waals surface area contributed by atoms with Crippen LogP contribution in [0.3, 0.4) is 0 Å². The minimum Gasteiger partial charge on any atom is -0.463 e. The third kappa shape index (κ3) is 2.32. The van der Waals surface area contributed by atoms with Crippen molar-refractivity contribution in [2.24, 2.45) is 28.6 Å². The van der Waals surface area contributed by atoms with Crippen molar-refractivity contribution in [3.8, 4) is 0 Å². The second kappa shape index (κ2) is 6.25. The van der Waals surface area contributed by atoms with Gasteiger partial charge in [0.15, 0.2) is 5.78 Å². The van der Waals surface area contributed by atoms with E-state index in [0.717, 1.165) is 37.7 Å². The Hall–Kier alpha value is -1.69. The van der Waals surface area contributed by atoms with E-state index in [4.69, 9.17) is 14.2 Å². The highest BCUT2D eigenvalue weighted by Crippen LogP contribution is 2.78. The molecule has 8 atom stereocenters. The molecule has 0 aromatic carbocycles. The summed E-state index contributed by atoms with van der Waals surface area (Å²) in [6.07, 6.45) is 7.42. The fourth-order valence-electron chi connectivity index (χ4n) is 8.85.